The zero-order chi connectivity index (χ0) is 16.2. The lowest BCUT2D eigenvalue weighted by atomic mass is 10.1. The van der Waals surface area contributed by atoms with Crippen LogP contribution in [0.1, 0.15) is 22.8 Å². The molecule has 0 saturated heterocycles. The molecular formula is C17H14F3NO. The summed E-state index contributed by atoms with van der Waals surface area (Å²) in [7, 11) is 0. The van der Waals surface area contributed by atoms with Crippen LogP contribution in [-0.2, 0) is 6.18 Å². The number of hydrogen-bond donors (Lipinski definition) is 1. The summed E-state index contributed by atoms with van der Waals surface area (Å²) in [6, 6.07) is 13.7. The molecular weight excluding hydrogens is 291 g/mol. The first-order chi connectivity index (χ1) is 10.4. The lowest BCUT2D eigenvalue weighted by Crippen LogP contribution is -2.10. The molecule has 0 atom stereocenters. The standard InChI is InChI=1S/C17H14F3NO/c1-12(11-16(22)13-7-3-2-4-8-13)21-15-10-6-5-9-14(15)17(18,19)20/h2-11,21H,1H3/b12-11+. The van der Waals surface area contributed by atoms with Crippen LogP contribution in [0.4, 0.5) is 18.9 Å². The number of allylic oxidation sites excluding steroid dienone is 2. The molecule has 0 aromatic heterocycles. The molecule has 0 radical (unpaired) electrons. The van der Waals surface area contributed by atoms with Gasteiger partial charge in [0.15, 0.2) is 5.78 Å². The van der Waals surface area contributed by atoms with Crippen LogP contribution in [0.25, 0.3) is 0 Å². The second-order valence-electron chi connectivity index (χ2n) is 4.73. The van der Waals surface area contributed by atoms with Crippen LogP contribution >= 0.6 is 0 Å². The van der Waals surface area contributed by atoms with Crippen molar-refractivity contribution in [1.82, 2.24) is 0 Å². The molecule has 2 aromatic carbocycles. The van der Waals surface area contributed by atoms with Crippen LogP contribution in [0.5, 0.6) is 0 Å². The average molecular weight is 305 g/mol. The minimum atomic E-state index is -4.45. The topological polar surface area (TPSA) is 29.1 Å². The lowest BCUT2D eigenvalue weighted by Gasteiger charge is -2.14. The van der Waals surface area contributed by atoms with Crippen molar-refractivity contribution in [2.75, 3.05) is 5.32 Å². The van der Waals surface area contributed by atoms with Crippen LogP contribution in [0.3, 0.4) is 0 Å². The van der Waals surface area contributed by atoms with Crippen LogP contribution in [0.15, 0.2) is 66.4 Å². The summed E-state index contributed by atoms with van der Waals surface area (Å²) >= 11 is 0. The van der Waals surface area contributed by atoms with Gasteiger partial charge < -0.3 is 5.32 Å². The van der Waals surface area contributed by atoms with Crippen molar-refractivity contribution in [2.45, 2.75) is 13.1 Å². The minimum absolute atomic E-state index is 0.0791. The Morgan fingerprint density at radius 2 is 1.59 bits per heavy atom. The number of carbonyl (C=O) groups is 1. The van der Waals surface area contributed by atoms with Gasteiger partial charge in [-0.25, -0.2) is 0 Å². The molecule has 0 fully saturated rings. The molecule has 22 heavy (non-hydrogen) atoms. The van der Waals surface area contributed by atoms with Gasteiger partial charge in [0, 0.05) is 17.3 Å². The summed E-state index contributed by atoms with van der Waals surface area (Å²) in [5.74, 6) is -0.268. The number of hydrogen-bond acceptors (Lipinski definition) is 2. The summed E-state index contributed by atoms with van der Waals surface area (Å²) in [5.41, 5.74) is -0.0298. The number of para-hydroxylation sites is 1. The zero-order valence-corrected chi connectivity index (χ0v) is 11.8. The molecule has 1 N–H and O–H groups in total. The van der Waals surface area contributed by atoms with E-state index in [1.54, 1.807) is 37.3 Å². The Morgan fingerprint density at radius 1 is 1.00 bits per heavy atom. The third-order valence-corrected chi connectivity index (χ3v) is 2.97. The summed E-state index contributed by atoms with van der Waals surface area (Å²) in [4.78, 5) is 12.0. The molecule has 114 valence electrons. The van der Waals surface area contributed by atoms with Crippen molar-refractivity contribution < 1.29 is 18.0 Å². The molecule has 0 saturated carbocycles. The van der Waals surface area contributed by atoms with Gasteiger partial charge in [-0.3, -0.25) is 4.79 Å². The molecule has 0 spiro atoms. The van der Waals surface area contributed by atoms with E-state index in [1.807, 2.05) is 0 Å². The highest BCUT2D eigenvalue weighted by atomic mass is 19.4. The summed E-state index contributed by atoms with van der Waals surface area (Å²) in [6.45, 7) is 1.55. The van der Waals surface area contributed by atoms with Gasteiger partial charge in [0.05, 0.1) is 11.3 Å². The molecule has 0 aliphatic rings. The molecule has 5 heteroatoms. The van der Waals surface area contributed by atoms with Crippen molar-refractivity contribution >= 4 is 11.5 Å². The SMILES string of the molecule is C/C(=C\C(=O)c1ccccc1)Nc1ccccc1C(F)(F)F. The Kier molecular flexibility index (Phi) is 4.65. The van der Waals surface area contributed by atoms with E-state index in [4.69, 9.17) is 0 Å². The van der Waals surface area contributed by atoms with Crippen LogP contribution in [-0.4, -0.2) is 5.78 Å². The average Bonchev–Trinajstić information content (AvgIpc) is 2.47. The molecule has 0 heterocycles. The van der Waals surface area contributed by atoms with E-state index in [9.17, 15) is 18.0 Å². The molecule has 0 bridgehead atoms. The maximum Gasteiger partial charge on any atom is 0.418 e. The summed E-state index contributed by atoms with van der Waals surface area (Å²) in [5, 5.41) is 2.64. The quantitative estimate of drug-likeness (QED) is 0.642. The van der Waals surface area contributed by atoms with E-state index in [-0.39, 0.29) is 11.5 Å². The Morgan fingerprint density at radius 3 is 2.23 bits per heavy atom. The van der Waals surface area contributed by atoms with Crippen molar-refractivity contribution in [3.05, 3.63) is 77.5 Å². The van der Waals surface area contributed by atoms with Gasteiger partial charge in [0.2, 0.25) is 0 Å². The molecule has 2 nitrogen and oxygen atoms in total. The van der Waals surface area contributed by atoms with Crippen molar-refractivity contribution in [1.29, 1.82) is 0 Å². The Labute approximate surface area is 126 Å². The second kappa shape index (κ2) is 6.47. The summed E-state index contributed by atoms with van der Waals surface area (Å²) < 4.78 is 38.7. The molecule has 0 amide bonds. The first-order valence-electron chi connectivity index (χ1n) is 6.59. The first kappa shape index (κ1) is 15.8. The first-order valence-corrected chi connectivity index (χ1v) is 6.59. The van der Waals surface area contributed by atoms with Gasteiger partial charge in [0.25, 0.3) is 0 Å². The van der Waals surface area contributed by atoms with E-state index in [0.717, 1.165) is 6.07 Å². The highest BCUT2D eigenvalue weighted by Crippen LogP contribution is 2.35. The smallest absolute Gasteiger partial charge is 0.359 e. The van der Waals surface area contributed by atoms with Crippen molar-refractivity contribution in [3.63, 3.8) is 0 Å². The van der Waals surface area contributed by atoms with E-state index in [0.29, 0.717) is 11.3 Å². The van der Waals surface area contributed by atoms with E-state index in [1.165, 1.54) is 24.3 Å². The number of alkyl halides is 3. The monoisotopic (exact) mass is 305 g/mol. The Balaban J connectivity index is 2.21. The Hall–Kier alpha value is -2.56. The fraction of sp³-hybridized carbons (Fsp3) is 0.118. The van der Waals surface area contributed by atoms with Gasteiger partial charge in [-0.1, -0.05) is 42.5 Å². The third-order valence-electron chi connectivity index (χ3n) is 2.97. The minimum Gasteiger partial charge on any atom is -0.359 e. The number of carbonyl (C=O) groups excluding carboxylic acids is 1. The van der Waals surface area contributed by atoms with Gasteiger partial charge in [-0.15, -0.1) is 0 Å². The van der Waals surface area contributed by atoms with Crippen LogP contribution in [0.2, 0.25) is 0 Å². The summed E-state index contributed by atoms with van der Waals surface area (Å²) in [6.07, 6.45) is -3.17. The van der Waals surface area contributed by atoms with Gasteiger partial charge in [-0.2, -0.15) is 13.2 Å². The lowest BCUT2D eigenvalue weighted by molar-refractivity contribution is -0.136. The van der Waals surface area contributed by atoms with Gasteiger partial charge in [-0.05, 0) is 19.1 Å². The maximum absolute atomic E-state index is 12.9. The van der Waals surface area contributed by atoms with Crippen LogP contribution < -0.4 is 5.32 Å². The highest BCUT2D eigenvalue weighted by Gasteiger charge is 2.33. The number of halogens is 3. The molecule has 2 rings (SSSR count). The predicted octanol–water partition coefficient (Wildman–Crippen LogP) is 4.90. The second-order valence-corrected chi connectivity index (χ2v) is 4.73. The van der Waals surface area contributed by atoms with E-state index >= 15 is 0 Å². The van der Waals surface area contributed by atoms with Crippen molar-refractivity contribution in [2.24, 2.45) is 0 Å². The van der Waals surface area contributed by atoms with Crippen molar-refractivity contribution in [3.8, 4) is 0 Å². The highest BCUT2D eigenvalue weighted by molar-refractivity contribution is 6.05. The van der Waals surface area contributed by atoms with E-state index in [2.05, 4.69) is 5.32 Å². The Bertz CT molecular complexity index is 691. The number of ketones is 1. The fourth-order valence-electron chi connectivity index (χ4n) is 1.97. The predicted molar refractivity (Wildman–Crippen MR) is 79.6 cm³/mol. The number of anilines is 1. The van der Waals surface area contributed by atoms with Gasteiger partial charge in [0.1, 0.15) is 0 Å². The van der Waals surface area contributed by atoms with E-state index < -0.39 is 11.7 Å². The normalized spacial score (nSPS) is 12.1. The largest absolute Gasteiger partial charge is 0.418 e. The fourth-order valence-corrected chi connectivity index (χ4v) is 1.97. The molecule has 0 unspecified atom stereocenters. The maximum atomic E-state index is 12.9. The number of rotatable bonds is 4. The van der Waals surface area contributed by atoms with Gasteiger partial charge >= 0.3 is 6.18 Å². The zero-order valence-electron chi connectivity index (χ0n) is 11.8. The number of benzene rings is 2. The third kappa shape index (κ3) is 3.97. The molecule has 0 aliphatic carbocycles. The molecule has 2 aromatic rings. The molecule has 0 aliphatic heterocycles. The number of nitrogens with one attached hydrogen (secondary N) is 1. The van der Waals surface area contributed by atoms with Crippen LogP contribution in [0, 0.1) is 0 Å².